The van der Waals surface area contributed by atoms with E-state index in [0.717, 1.165) is 18.6 Å². The number of rotatable bonds is 9. The highest BCUT2D eigenvalue weighted by molar-refractivity contribution is 5.66. The van der Waals surface area contributed by atoms with Crippen molar-refractivity contribution in [2.45, 2.75) is 64.9 Å². The van der Waals surface area contributed by atoms with Gasteiger partial charge in [-0.3, -0.25) is 4.79 Å². The van der Waals surface area contributed by atoms with Gasteiger partial charge in [-0.15, -0.1) is 0 Å². The largest absolute Gasteiger partial charge is 0.465 e. The maximum Gasteiger partial charge on any atom is 0.303 e. The molecule has 102 valence electrons. The molecule has 3 nitrogen and oxygen atoms in total. The molecule has 1 aromatic heterocycles. The van der Waals surface area contributed by atoms with E-state index < -0.39 is 0 Å². The van der Waals surface area contributed by atoms with Gasteiger partial charge in [-0.1, -0.05) is 39.0 Å². The fraction of sp³-hybridized carbons (Fsp3) is 0.667. The molecule has 0 spiro atoms. The van der Waals surface area contributed by atoms with Crippen molar-refractivity contribution in [1.29, 1.82) is 0 Å². The maximum absolute atomic E-state index is 11.1. The monoisotopic (exact) mass is 252 g/mol. The number of esters is 1. The molecule has 0 aliphatic rings. The standard InChI is InChI=1S/C15H24O3/c1-3-4-5-6-7-8-10-15(18-13(2)16)14-11-9-12-17-14/h9,11-12,15H,3-8,10H2,1-2H3. The van der Waals surface area contributed by atoms with Crippen LogP contribution in [0.5, 0.6) is 0 Å². The lowest BCUT2D eigenvalue weighted by molar-refractivity contribution is -0.148. The summed E-state index contributed by atoms with van der Waals surface area (Å²) in [6.45, 7) is 3.66. The molecule has 0 aliphatic heterocycles. The van der Waals surface area contributed by atoms with Crippen LogP contribution in [0.4, 0.5) is 0 Å². The van der Waals surface area contributed by atoms with Gasteiger partial charge in [0, 0.05) is 6.92 Å². The van der Waals surface area contributed by atoms with Gasteiger partial charge >= 0.3 is 5.97 Å². The van der Waals surface area contributed by atoms with Crippen molar-refractivity contribution in [3.05, 3.63) is 24.2 Å². The average Bonchev–Trinajstić information content (AvgIpc) is 2.85. The lowest BCUT2D eigenvalue weighted by atomic mass is 10.1. The first kappa shape index (κ1) is 14.8. The number of carbonyl (C=O) groups is 1. The molecule has 0 aromatic carbocycles. The first-order valence-corrected chi connectivity index (χ1v) is 6.94. The number of carbonyl (C=O) groups excluding carboxylic acids is 1. The molecule has 1 aromatic rings. The zero-order valence-corrected chi connectivity index (χ0v) is 11.5. The van der Waals surface area contributed by atoms with Crippen molar-refractivity contribution in [1.82, 2.24) is 0 Å². The highest BCUT2D eigenvalue weighted by atomic mass is 16.5. The summed E-state index contributed by atoms with van der Waals surface area (Å²) in [5.41, 5.74) is 0. The summed E-state index contributed by atoms with van der Waals surface area (Å²) in [5.74, 6) is 0.501. The predicted octanol–water partition coefficient (Wildman–Crippen LogP) is 4.63. The van der Waals surface area contributed by atoms with E-state index in [1.807, 2.05) is 12.1 Å². The van der Waals surface area contributed by atoms with E-state index in [4.69, 9.17) is 9.15 Å². The summed E-state index contributed by atoms with van der Waals surface area (Å²) < 4.78 is 10.6. The second-order valence-corrected chi connectivity index (χ2v) is 4.67. The van der Waals surface area contributed by atoms with Gasteiger partial charge in [0.25, 0.3) is 0 Å². The van der Waals surface area contributed by atoms with Crippen LogP contribution in [0.15, 0.2) is 22.8 Å². The number of hydrogen-bond acceptors (Lipinski definition) is 3. The van der Waals surface area contributed by atoms with Crippen molar-refractivity contribution in [3.8, 4) is 0 Å². The zero-order chi connectivity index (χ0) is 13.2. The topological polar surface area (TPSA) is 39.4 Å². The van der Waals surface area contributed by atoms with Crippen molar-refractivity contribution in [2.75, 3.05) is 0 Å². The summed E-state index contributed by atoms with van der Waals surface area (Å²) >= 11 is 0. The lowest BCUT2D eigenvalue weighted by Gasteiger charge is -2.14. The molecule has 1 unspecified atom stereocenters. The van der Waals surface area contributed by atoms with Crippen LogP contribution >= 0.6 is 0 Å². The Labute approximate surface area is 110 Å². The van der Waals surface area contributed by atoms with E-state index in [-0.39, 0.29) is 12.1 Å². The number of ether oxygens (including phenoxy) is 1. The van der Waals surface area contributed by atoms with Gasteiger partial charge in [0.1, 0.15) is 5.76 Å². The molecule has 0 saturated carbocycles. The lowest BCUT2D eigenvalue weighted by Crippen LogP contribution is -2.07. The minimum atomic E-state index is -0.248. The quantitative estimate of drug-likeness (QED) is 0.475. The number of furan rings is 1. The van der Waals surface area contributed by atoms with Crippen LogP contribution in [0, 0.1) is 0 Å². The van der Waals surface area contributed by atoms with E-state index in [1.165, 1.54) is 39.0 Å². The van der Waals surface area contributed by atoms with Crippen LogP contribution in [-0.2, 0) is 9.53 Å². The molecule has 0 radical (unpaired) electrons. The van der Waals surface area contributed by atoms with E-state index >= 15 is 0 Å². The second-order valence-electron chi connectivity index (χ2n) is 4.67. The Balaban J connectivity index is 2.27. The number of unbranched alkanes of at least 4 members (excludes halogenated alkanes) is 5. The molecular weight excluding hydrogens is 228 g/mol. The van der Waals surface area contributed by atoms with Gasteiger partial charge < -0.3 is 9.15 Å². The molecule has 0 saturated heterocycles. The molecule has 1 rings (SSSR count). The third-order valence-electron chi connectivity index (χ3n) is 2.99. The van der Waals surface area contributed by atoms with Gasteiger partial charge in [-0.25, -0.2) is 0 Å². The maximum atomic E-state index is 11.1. The van der Waals surface area contributed by atoms with Crippen LogP contribution in [0.25, 0.3) is 0 Å². The first-order valence-electron chi connectivity index (χ1n) is 6.94. The average molecular weight is 252 g/mol. The Bertz CT molecular complexity index is 316. The van der Waals surface area contributed by atoms with Crippen molar-refractivity contribution >= 4 is 5.97 Å². The van der Waals surface area contributed by atoms with Gasteiger partial charge in [0.15, 0.2) is 6.10 Å². The predicted molar refractivity (Wildman–Crippen MR) is 71.2 cm³/mol. The Kier molecular flexibility index (Phi) is 7.23. The van der Waals surface area contributed by atoms with Gasteiger partial charge in [-0.05, 0) is 25.0 Å². The van der Waals surface area contributed by atoms with Crippen molar-refractivity contribution < 1.29 is 13.9 Å². The third-order valence-corrected chi connectivity index (χ3v) is 2.99. The fourth-order valence-electron chi connectivity index (χ4n) is 2.04. The Hall–Kier alpha value is -1.25. The number of hydrogen-bond donors (Lipinski definition) is 0. The molecule has 1 heterocycles. The van der Waals surface area contributed by atoms with E-state index in [2.05, 4.69) is 6.92 Å². The molecule has 0 amide bonds. The SMILES string of the molecule is CCCCCCCCC(OC(C)=O)c1ccco1. The molecule has 18 heavy (non-hydrogen) atoms. The van der Waals surface area contributed by atoms with Crippen molar-refractivity contribution in [2.24, 2.45) is 0 Å². The van der Waals surface area contributed by atoms with E-state index in [0.29, 0.717) is 0 Å². The molecule has 0 fully saturated rings. The van der Waals surface area contributed by atoms with Crippen LogP contribution in [0.3, 0.4) is 0 Å². The second kappa shape index (κ2) is 8.78. The highest BCUT2D eigenvalue weighted by Gasteiger charge is 2.16. The summed E-state index contributed by atoms with van der Waals surface area (Å²) in [7, 11) is 0. The van der Waals surface area contributed by atoms with E-state index in [1.54, 1.807) is 6.26 Å². The Morgan fingerprint density at radius 1 is 1.28 bits per heavy atom. The summed E-state index contributed by atoms with van der Waals surface area (Å²) in [6.07, 6.45) is 9.65. The summed E-state index contributed by atoms with van der Waals surface area (Å²) in [4.78, 5) is 11.1. The van der Waals surface area contributed by atoms with Crippen LogP contribution in [0.2, 0.25) is 0 Å². The Morgan fingerprint density at radius 2 is 2.00 bits per heavy atom. The highest BCUT2D eigenvalue weighted by Crippen LogP contribution is 2.24. The molecule has 0 aliphatic carbocycles. The summed E-state index contributed by atoms with van der Waals surface area (Å²) in [6, 6.07) is 3.69. The fourth-order valence-corrected chi connectivity index (χ4v) is 2.04. The van der Waals surface area contributed by atoms with Crippen LogP contribution in [-0.4, -0.2) is 5.97 Å². The summed E-state index contributed by atoms with van der Waals surface area (Å²) in [5, 5.41) is 0. The van der Waals surface area contributed by atoms with Gasteiger partial charge in [0.2, 0.25) is 0 Å². The minimum Gasteiger partial charge on any atom is -0.465 e. The smallest absolute Gasteiger partial charge is 0.303 e. The minimum absolute atomic E-state index is 0.219. The van der Waals surface area contributed by atoms with E-state index in [9.17, 15) is 4.79 Å². The van der Waals surface area contributed by atoms with Gasteiger partial charge in [0.05, 0.1) is 6.26 Å². The first-order chi connectivity index (χ1) is 8.74. The molecule has 3 heteroatoms. The molecule has 0 N–H and O–H groups in total. The molecule has 1 atom stereocenters. The molecule has 0 bridgehead atoms. The Morgan fingerprint density at radius 3 is 2.61 bits per heavy atom. The molecular formula is C15H24O3. The third kappa shape index (κ3) is 5.89. The zero-order valence-electron chi connectivity index (χ0n) is 11.5. The van der Waals surface area contributed by atoms with Crippen molar-refractivity contribution in [3.63, 3.8) is 0 Å². The van der Waals surface area contributed by atoms with Gasteiger partial charge in [-0.2, -0.15) is 0 Å². The van der Waals surface area contributed by atoms with Crippen LogP contribution in [0.1, 0.15) is 70.7 Å². The van der Waals surface area contributed by atoms with Crippen LogP contribution < -0.4 is 0 Å². The normalized spacial score (nSPS) is 12.3.